The van der Waals surface area contributed by atoms with Gasteiger partial charge >= 0.3 is 0 Å². The minimum atomic E-state index is 0.103. The summed E-state index contributed by atoms with van der Waals surface area (Å²) in [6.07, 6.45) is 3.70. The Hall–Kier alpha value is -0.900. The second-order valence-corrected chi connectivity index (χ2v) is 4.83. The smallest absolute Gasteiger partial charge is 0.0615 e. The fourth-order valence-electron chi connectivity index (χ4n) is 1.16. The molecule has 0 bridgehead atoms. The third kappa shape index (κ3) is 2.12. The van der Waals surface area contributed by atoms with Gasteiger partial charge in [-0.05, 0) is 29.7 Å². The van der Waals surface area contributed by atoms with Crippen molar-refractivity contribution in [3.05, 3.63) is 40.6 Å². The molecule has 0 atom stereocenters. The number of hydrogen-bond acceptors (Lipinski definition) is 3. The zero-order valence-electron chi connectivity index (χ0n) is 7.51. The van der Waals surface area contributed by atoms with Gasteiger partial charge in [0.1, 0.15) is 0 Å². The minimum Gasteiger partial charge on any atom is -0.392 e. The Morgan fingerprint density at radius 3 is 2.86 bits per heavy atom. The van der Waals surface area contributed by atoms with Gasteiger partial charge in [-0.2, -0.15) is 0 Å². The molecule has 0 aliphatic carbocycles. The summed E-state index contributed by atoms with van der Waals surface area (Å²) >= 11 is 3.49. The largest absolute Gasteiger partial charge is 0.392 e. The number of rotatable bonds is 3. The molecule has 0 amide bonds. The van der Waals surface area contributed by atoms with Crippen LogP contribution in [0, 0.1) is 0 Å². The summed E-state index contributed by atoms with van der Waals surface area (Å²) in [7, 11) is 0. The van der Waals surface area contributed by atoms with E-state index in [0.29, 0.717) is 0 Å². The van der Waals surface area contributed by atoms with Crippen molar-refractivity contribution in [1.29, 1.82) is 0 Å². The first-order valence-corrected chi connectivity index (χ1v) is 6.01. The molecule has 1 nitrogen and oxygen atoms in total. The van der Waals surface area contributed by atoms with Crippen molar-refractivity contribution in [2.75, 3.05) is 6.61 Å². The Morgan fingerprint density at radius 2 is 2.14 bits per heavy atom. The van der Waals surface area contributed by atoms with Gasteiger partial charge in [-0.1, -0.05) is 12.1 Å². The van der Waals surface area contributed by atoms with Crippen LogP contribution in [0.25, 0.3) is 15.8 Å². The summed E-state index contributed by atoms with van der Waals surface area (Å²) in [5.74, 6) is 0. The molecule has 0 aliphatic heterocycles. The zero-order chi connectivity index (χ0) is 9.80. The third-order valence-electron chi connectivity index (χ3n) is 1.78. The maximum Gasteiger partial charge on any atom is 0.0615 e. The van der Waals surface area contributed by atoms with E-state index in [1.807, 2.05) is 6.08 Å². The quantitative estimate of drug-likeness (QED) is 0.843. The topological polar surface area (TPSA) is 20.2 Å². The number of aliphatic hydroxyl groups excluding tert-OH is 1. The Balaban J connectivity index is 2.22. The summed E-state index contributed by atoms with van der Waals surface area (Å²) in [5.41, 5.74) is 0. The van der Waals surface area contributed by atoms with E-state index in [-0.39, 0.29) is 6.61 Å². The number of hydrogen-bond donors (Lipinski definition) is 1. The second kappa shape index (κ2) is 4.55. The molecule has 0 spiro atoms. The predicted molar refractivity (Wildman–Crippen MR) is 63.8 cm³/mol. The van der Waals surface area contributed by atoms with Crippen molar-refractivity contribution < 1.29 is 5.11 Å². The van der Waals surface area contributed by atoms with E-state index in [1.54, 1.807) is 28.7 Å². The first kappa shape index (κ1) is 9.65. The van der Waals surface area contributed by atoms with Crippen molar-refractivity contribution >= 4 is 28.7 Å². The Labute approximate surface area is 91.0 Å². The highest BCUT2D eigenvalue weighted by molar-refractivity contribution is 7.21. The highest BCUT2D eigenvalue weighted by atomic mass is 32.1. The maximum absolute atomic E-state index is 8.64. The first-order chi connectivity index (χ1) is 6.90. The molecule has 0 aromatic carbocycles. The van der Waals surface area contributed by atoms with Gasteiger partial charge < -0.3 is 5.11 Å². The molecule has 2 heterocycles. The lowest BCUT2D eigenvalue weighted by molar-refractivity contribution is 0.343. The molecule has 2 rings (SSSR count). The fourth-order valence-corrected chi connectivity index (χ4v) is 2.94. The molecule has 0 saturated carbocycles. The predicted octanol–water partition coefficient (Wildman–Crippen LogP) is 3.48. The summed E-state index contributed by atoms with van der Waals surface area (Å²) in [5, 5.41) is 10.7. The maximum atomic E-state index is 8.64. The number of aliphatic hydroxyl groups is 1. The van der Waals surface area contributed by atoms with Crippen molar-refractivity contribution in [3.63, 3.8) is 0 Å². The van der Waals surface area contributed by atoms with Crippen LogP contribution in [0.3, 0.4) is 0 Å². The second-order valence-electron chi connectivity index (χ2n) is 2.76. The van der Waals surface area contributed by atoms with E-state index >= 15 is 0 Å². The molecule has 72 valence electrons. The lowest BCUT2D eigenvalue weighted by Crippen LogP contribution is -1.68. The van der Waals surface area contributed by atoms with Gasteiger partial charge in [0.15, 0.2) is 0 Å². The SMILES string of the molecule is OC/C=C/c1ccc(-c2cccs2)s1. The van der Waals surface area contributed by atoms with E-state index in [0.717, 1.165) is 0 Å². The highest BCUT2D eigenvalue weighted by Crippen LogP contribution is 2.31. The molecule has 2 aromatic heterocycles. The molecule has 3 heteroatoms. The summed E-state index contributed by atoms with van der Waals surface area (Å²) < 4.78 is 0. The van der Waals surface area contributed by atoms with Gasteiger partial charge in [0, 0.05) is 14.6 Å². The van der Waals surface area contributed by atoms with Crippen LogP contribution < -0.4 is 0 Å². The van der Waals surface area contributed by atoms with Gasteiger partial charge in [0.25, 0.3) is 0 Å². The lowest BCUT2D eigenvalue weighted by Gasteiger charge is -1.87. The zero-order valence-corrected chi connectivity index (χ0v) is 9.15. The van der Waals surface area contributed by atoms with E-state index in [1.165, 1.54) is 14.6 Å². The summed E-state index contributed by atoms with van der Waals surface area (Å²) in [6, 6.07) is 8.37. The van der Waals surface area contributed by atoms with Crippen LogP contribution in [0.4, 0.5) is 0 Å². The highest BCUT2D eigenvalue weighted by Gasteiger charge is 2.00. The Kier molecular flexibility index (Phi) is 3.14. The average molecular weight is 222 g/mol. The van der Waals surface area contributed by atoms with Crippen LogP contribution in [0.5, 0.6) is 0 Å². The van der Waals surface area contributed by atoms with Gasteiger partial charge in [-0.25, -0.2) is 0 Å². The minimum absolute atomic E-state index is 0.103. The van der Waals surface area contributed by atoms with Crippen LogP contribution in [0.15, 0.2) is 35.7 Å². The van der Waals surface area contributed by atoms with E-state index in [4.69, 9.17) is 5.11 Å². The normalized spacial score (nSPS) is 11.2. The van der Waals surface area contributed by atoms with Gasteiger partial charge in [-0.15, -0.1) is 22.7 Å². The van der Waals surface area contributed by atoms with Gasteiger partial charge in [0.2, 0.25) is 0 Å². The van der Waals surface area contributed by atoms with E-state index < -0.39 is 0 Å². The monoisotopic (exact) mass is 222 g/mol. The van der Waals surface area contributed by atoms with Crippen LogP contribution in [0.2, 0.25) is 0 Å². The standard InChI is InChI=1S/C11H10OS2/c12-7-1-3-9-5-6-11(14-9)10-4-2-8-13-10/h1-6,8,12H,7H2/b3-1+. The van der Waals surface area contributed by atoms with Crippen molar-refractivity contribution in [3.8, 4) is 9.75 Å². The molecule has 0 aliphatic rings. The molecule has 0 radical (unpaired) electrons. The molecular weight excluding hydrogens is 212 g/mol. The molecule has 2 aromatic rings. The van der Waals surface area contributed by atoms with Crippen LogP contribution >= 0.6 is 22.7 Å². The van der Waals surface area contributed by atoms with Crippen LogP contribution in [-0.2, 0) is 0 Å². The number of thiophene rings is 2. The van der Waals surface area contributed by atoms with Crippen molar-refractivity contribution in [2.45, 2.75) is 0 Å². The van der Waals surface area contributed by atoms with Crippen molar-refractivity contribution in [1.82, 2.24) is 0 Å². The lowest BCUT2D eigenvalue weighted by atomic mass is 10.3. The molecule has 0 saturated heterocycles. The molecule has 0 fully saturated rings. The summed E-state index contributed by atoms with van der Waals surface area (Å²) in [4.78, 5) is 3.78. The average Bonchev–Trinajstić information content (AvgIpc) is 2.85. The van der Waals surface area contributed by atoms with Crippen LogP contribution in [0.1, 0.15) is 4.88 Å². The van der Waals surface area contributed by atoms with Gasteiger partial charge in [0.05, 0.1) is 6.61 Å². The van der Waals surface area contributed by atoms with E-state index in [9.17, 15) is 0 Å². The molecular formula is C11H10OS2. The van der Waals surface area contributed by atoms with Crippen molar-refractivity contribution in [2.24, 2.45) is 0 Å². The molecule has 14 heavy (non-hydrogen) atoms. The Morgan fingerprint density at radius 1 is 1.21 bits per heavy atom. The molecule has 0 unspecified atom stereocenters. The van der Waals surface area contributed by atoms with Gasteiger partial charge in [-0.3, -0.25) is 0 Å². The first-order valence-electron chi connectivity index (χ1n) is 4.31. The molecule has 1 N–H and O–H groups in total. The Bertz CT molecular complexity index is 412. The van der Waals surface area contributed by atoms with E-state index in [2.05, 4.69) is 29.6 Å². The van der Waals surface area contributed by atoms with Crippen LogP contribution in [-0.4, -0.2) is 11.7 Å². The third-order valence-corrected chi connectivity index (χ3v) is 3.89. The summed E-state index contributed by atoms with van der Waals surface area (Å²) in [6.45, 7) is 0.103. The fraction of sp³-hybridized carbons (Fsp3) is 0.0909.